The lowest BCUT2D eigenvalue weighted by Gasteiger charge is -2.22. The maximum absolute atomic E-state index is 4.77. The zero-order valence-corrected chi connectivity index (χ0v) is 12.6. The molecule has 1 aliphatic rings. The number of aryl methyl sites for hydroxylation is 3. The molecule has 20 heavy (non-hydrogen) atoms. The third-order valence-corrected chi connectivity index (χ3v) is 4.28. The number of benzene rings is 1. The summed E-state index contributed by atoms with van der Waals surface area (Å²) in [6.07, 6.45) is 4.59. The normalized spacial score (nSPS) is 16.6. The molecule has 3 heteroatoms. The van der Waals surface area contributed by atoms with Crippen molar-refractivity contribution in [1.82, 2.24) is 15.1 Å². The lowest BCUT2D eigenvalue weighted by atomic mass is 9.99. The van der Waals surface area contributed by atoms with Gasteiger partial charge in [0.25, 0.3) is 0 Å². The smallest absolute Gasteiger partial charge is 0.0672 e. The Kier molecular flexibility index (Phi) is 3.62. The van der Waals surface area contributed by atoms with Gasteiger partial charge in [-0.25, -0.2) is 0 Å². The number of nitrogens with zero attached hydrogens (tertiary/aromatic N) is 2. The topological polar surface area (TPSA) is 29.9 Å². The van der Waals surface area contributed by atoms with Crippen LogP contribution < -0.4 is 5.32 Å². The summed E-state index contributed by atoms with van der Waals surface area (Å²) < 4.78 is 2.19. The van der Waals surface area contributed by atoms with Gasteiger partial charge in [0.1, 0.15) is 0 Å². The van der Waals surface area contributed by atoms with Gasteiger partial charge in [0.05, 0.1) is 11.7 Å². The molecule has 1 saturated heterocycles. The highest BCUT2D eigenvalue weighted by molar-refractivity contribution is 5.69. The van der Waals surface area contributed by atoms with E-state index in [4.69, 9.17) is 5.10 Å². The molecule has 0 saturated carbocycles. The molecule has 1 N–H and O–H groups in total. The summed E-state index contributed by atoms with van der Waals surface area (Å²) in [5, 5.41) is 8.18. The Morgan fingerprint density at radius 2 is 1.85 bits per heavy atom. The predicted molar refractivity (Wildman–Crippen MR) is 83.0 cm³/mol. The van der Waals surface area contributed by atoms with Crippen molar-refractivity contribution in [3.05, 3.63) is 41.2 Å². The molecule has 106 valence electrons. The molecule has 3 nitrogen and oxygen atoms in total. The van der Waals surface area contributed by atoms with Crippen LogP contribution >= 0.6 is 0 Å². The van der Waals surface area contributed by atoms with E-state index < -0.39 is 0 Å². The van der Waals surface area contributed by atoms with Crippen molar-refractivity contribution < 1.29 is 0 Å². The van der Waals surface area contributed by atoms with E-state index in [1.165, 1.54) is 35.1 Å². The van der Waals surface area contributed by atoms with Crippen LogP contribution in [0.2, 0.25) is 0 Å². The molecule has 3 rings (SSSR count). The fraction of sp³-hybridized carbons (Fsp3) is 0.471. The van der Waals surface area contributed by atoms with Crippen molar-refractivity contribution in [3.63, 3.8) is 0 Å². The fourth-order valence-corrected chi connectivity index (χ4v) is 3.03. The van der Waals surface area contributed by atoms with E-state index in [9.17, 15) is 0 Å². The molecule has 2 aromatic rings. The molecule has 0 radical (unpaired) electrons. The van der Waals surface area contributed by atoms with Crippen molar-refractivity contribution in [3.8, 4) is 11.1 Å². The maximum Gasteiger partial charge on any atom is 0.0672 e. The number of hydrogen-bond donors (Lipinski definition) is 1. The Labute approximate surface area is 121 Å². The highest BCUT2D eigenvalue weighted by Gasteiger charge is 2.18. The second kappa shape index (κ2) is 5.41. The molecule has 0 spiro atoms. The molecule has 1 aliphatic heterocycles. The van der Waals surface area contributed by atoms with E-state index in [1.54, 1.807) is 0 Å². The van der Waals surface area contributed by atoms with Crippen molar-refractivity contribution in [1.29, 1.82) is 0 Å². The molecule has 0 unspecified atom stereocenters. The molecular formula is C17H23N3. The summed E-state index contributed by atoms with van der Waals surface area (Å²) in [4.78, 5) is 0. The lowest BCUT2D eigenvalue weighted by Crippen LogP contribution is -2.29. The van der Waals surface area contributed by atoms with Crippen LogP contribution in [0.15, 0.2) is 24.4 Å². The van der Waals surface area contributed by atoms with Gasteiger partial charge in [0.2, 0.25) is 0 Å². The Morgan fingerprint density at radius 3 is 2.60 bits per heavy atom. The van der Waals surface area contributed by atoms with Gasteiger partial charge < -0.3 is 5.32 Å². The quantitative estimate of drug-likeness (QED) is 0.905. The largest absolute Gasteiger partial charge is 0.317 e. The molecule has 1 aromatic heterocycles. The van der Waals surface area contributed by atoms with Gasteiger partial charge in [-0.05, 0) is 57.8 Å². The molecule has 0 atom stereocenters. The van der Waals surface area contributed by atoms with Crippen LogP contribution in [0.1, 0.15) is 35.7 Å². The second-order valence-electron chi connectivity index (χ2n) is 5.91. The van der Waals surface area contributed by atoms with Gasteiger partial charge >= 0.3 is 0 Å². The maximum atomic E-state index is 4.77. The Hall–Kier alpha value is -1.61. The van der Waals surface area contributed by atoms with Crippen LogP contribution in [0.4, 0.5) is 0 Å². The minimum absolute atomic E-state index is 0.550. The van der Waals surface area contributed by atoms with E-state index in [2.05, 4.69) is 55.2 Å². The predicted octanol–water partition coefficient (Wildman–Crippen LogP) is 3.40. The summed E-state index contributed by atoms with van der Waals surface area (Å²) in [6.45, 7) is 8.64. The van der Waals surface area contributed by atoms with Crippen molar-refractivity contribution in [2.75, 3.05) is 13.1 Å². The molecule has 1 fully saturated rings. The number of hydrogen-bond acceptors (Lipinski definition) is 2. The zero-order chi connectivity index (χ0) is 14.1. The average molecular weight is 269 g/mol. The Bertz CT molecular complexity index is 607. The van der Waals surface area contributed by atoms with Crippen molar-refractivity contribution in [2.24, 2.45) is 0 Å². The van der Waals surface area contributed by atoms with Gasteiger partial charge in [-0.3, -0.25) is 4.68 Å². The minimum atomic E-state index is 0.550. The molecule has 0 aliphatic carbocycles. The van der Waals surface area contributed by atoms with Gasteiger partial charge in [-0.1, -0.05) is 23.8 Å². The van der Waals surface area contributed by atoms with Gasteiger partial charge in [0, 0.05) is 11.8 Å². The van der Waals surface area contributed by atoms with Crippen molar-refractivity contribution >= 4 is 0 Å². The highest BCUT2D eigenvalue weighted by Crippen LogP contribution is 2.29. The van der Waals surface area contributed by atoms with E-state index in [0.717, 1.165) is 18.8 Å². The third kappa shape index (κ3) is 2.50. The third-order valence-electron chi connectivity index (χ3n) is 4.28. The molecule has 0 bridgehead atoms. The van der Waals surface area contributed by atoms with Crippen LogP contribution in [0, 0.1) is 20.8 Å². The molecule has 2 heterocycles. The van der Waals surface area contributed by atoms with Crippen LogP contribution in [-0.4, -0.2) is 22.9 Å². The zero-order valence-electron chi connectivity index (χ0n) is 12.6. The van der Waals surface area contributed by atoms with Crippen LogP contribution in [0.25, 0.3) is 11.1 Å². The minimum Gasteiger partial charge on any atom is -0.317 e. The summed E-state index contributed by atoms with van der Waals surface area (Å²) >= 11 is 0. The first-order valence-electron chi connectivity index (χ1n) is 7.49. The van der Waals surface area contributed by atoms with Gasteiger partial charge in [-0.15, -0.1) is 0 Å². The first-order chi connectivity index (χ1) is 9.65. The summed E-state index contributed by atoms with van der Waals surface area (Å²) in [6, 6.07) is 7.19. The van der Waals surface area contributed by atoms with E-state index >= 15 is 0 Å². The van der Waals surface area contributed by atoms with E-state index in [0.29, 0.717) is 6.04 Å². The first-order valence-corrected chi connectivity index (χ1v) is 7.49. The highest BCUT2D eigenvalue weighted by atomic mass is 15.3. The number of rotatable bonds is 2. The van der Waals surface area contributed by atoms with Crippen molar-refractivity contribution in [2.45, 2.75) is 39.7 Å². The van der Waals surface area contributed by atoms with Crippen LogP contribution in [0.3, 0.4) is 0 Å². The summed E-state index contributed by atoms with van der Waals surface area (Å²) in [5.74, 6) is 0. The Morgan fingerprint density at radius 1 is 1.10 bits per heavy atom. The fourth-order valence-electron chi connectivity index (χ4n) is 3.03. The molecular weight excluding hydrogens is 246 g/mol. The number of nitrogens with one attached hydrogen (secondary N) is 1. The average Bonchev–Trinajstić information content (AvgIpc) is 2.84. The van der Waals surface area contributed by atoms with E-state index in [-0.39, 0.29) is 0 Å². The number of aromatic nitrogens is 2. The monoisotopic (exact) mass is 269 g/mol. The van der Waals surface area contributed by atoms with Crippen LogP contribution in [0.5, 0.6) is 0 Å². The summed E-state index contributed by atoms with van der Waals surface area (Å²) in [7, 11) is 0. The molecule has 1 aromatic carbocycles. The van der Waals surface area contributed by atoms with E-state index in [1.807, 2.05) is 0 Å². The lowest BCUT2D eigenvalue weighted by molar-refractivity contribution is 0.342. The van der Waals surface area contributed by atoms with Crippen LogP contribution in [-0.2, 0) is 0 Å². The summed E-state index contributed by atoms with van der Waals surface area (Å²) in [5.41, 5.74) is 6.37. The molecule has 0 amide bonds. The standard InChI is InChI=1S/C17H23N3/c1-12-4-5-13(2)16(10-12)17-11-20(19-14(17)3)15-6-8-18-9-7-15/h4-5,10-11,15,18H,6-9H2,1-3H3. The van der Waals surface area contributed by atoms with Gasteiger partial charge in [-0.2, -0.15) is 5.10 Å². The first kappa shape index (κ1) is 13.4. The SMILES string of the molecule is Cc1ccc(C)c(-c2cn(C3CCNCC3)nc2C)c1. The second-order valence-corrected chi connectivity index (χ2v) is 5.91. The Balaban J connectivity index is 1.98. The van der Waals surface area contributed by atoms with Gasteiger partial charge in [0.15, 0.2) is 0 Å². The number of piperidine rings is 1.